The Hall–Kier alpha value is -4.35. The molecule has 9 nitrogen and oxygen atoms in total. The molecule has 0 N–H and O–H groups in total. The molecule has 12 heteroatoms. The monoisotopic (exact) mass is 536 g/mol. The first kappa shape index (κ1) is 25.0. The van der Waals surface area contributed by atoms with Crippen LogP contribution in [-0.4, -0.2) is 60.8 Å². The lowest BCUT2D eigenvalue weighted by Crippen LogP contribution is -2.69. The smallest absolute Gasteiger partial charge is 0.328 e. The molecule has 2 amide bonds. The highest BCUT2D eigenvalue weighted by molar-refractivity contribution is 5.94. The van der Waals surface area contributed by atoms with E-state index in [1.807, 2.05) is 31.4 Å². The summed E-state index contributed by atoms with van der Waals surface area (Å²) in [6.07, 6.45) is 0.258. The number of hydrogen-bond acceptors (Lipinski definition) is 5. The Morgan fingerprint density at radius 1 is 1.10 bits per heavy atom. The number of rotatable bonds is 3. The van der Waals surface area contributed by atoms with Gasteiger partial charge in [0.15, 0.2) is 6.20 Å². The molecule has 200 valence electrons. The number of carbonyl (C=O) groups excluding carboxylic acids is 2. The number of alkyl halides is 3. The fourth-order valence-corrected chi connectivity index (χ4v) is 5.54. The summed E-state index contributed by atoms with van der Waals surface area (Å²) in [6, 6.07) is 8.36. The number of benzene rings is 1. The maximum atomic E-state index is 13.5. The van der Waals surface area contributed by atoms with E-state index in [-0.39, 0.29) is 30.1 Å². The van der Waals surface area contributed by atoms with Gasteiger partial charge in [0, 0.05) is 43.5 Å². The molecule has 1 atom stereocenters. The Bertz CT molecular complexity index is 1620. The number of nitrogens with zero attached hydrogens (tertiary/aromatic N) is 7. The van der Waals surface area contributed by atoms with Gasteiger partial charge in [0.1, 0.15) is 5.69 Å². The van der Waals surface area contributed by atoms with Gasteiger partial charge < -0.3 is 4.90 Å². The maximum Gasteiger partial charge on any atom is 0.416 e. The Morgan fingerprint density at radius 2 is 1.79 bits per heavy atom. The van der Waals surface area contributed by atoms with E-state index in [0.717, 1.165) is 17.7 Å². The summed E-state index contributed by atoms with van der Waals surface area (Å²) in [5.41, 5.74) is 1.40. The van der Waals surface area contributed by atoms with E-state index in [1.54, 1.807) is 26.6 Å². The summed E-state index contributed by atoms with van der Waals surface area (Å²) in [5.74, 6) is -0.385. The number of imidazole rings is 1. The number of amides is 2. The molecule has 5 heterocycles. The van der Waals surface area contributed by atoms with E-state index in [4.69, 9.17) is 5.10 Å². The Morgan fingerprint density at radius 3 is 2.44 bits per heavy atom. The highest BCUT2D eigenvalue weighted by Gasteiger charge is 2.57. The molecule has 6 rings (SSSR count). The molecule has 0 bridgehead atoms. The number of hydrogen-bond donors (Lipinski definition) is 0. The van der Waals surface area contributed by atoms with Crippen LogP contribution in [0.3, 0.4) is 0 Å². The van der Waals surface area contributed by atoms with Crippen molar-refractivity contribution in [2.45, 2.75) is 38.5 Å². The molecule has 2 aliphatic heterocycles. The Balaban J connectivity index is 1.45. The van der Waals surface area contributed by atoms with Crippen LogP contribution in [-0.2, 0) is 11.8 Å². The van der Waals surface area contributed by atoms with Gasteiger partial charge in [-0.2, -0.15) is 17.7 Å². The van der Waals surface area contributed by atoms with Crippen molar-refractivity contribution in [2.24, 2.45) is 0 Å². The number of carbonyl (C=O) groups is 2. The van der Waals surface area contributed by atoms with Crippen LogP contribution in [0.15, 0.2) is 55.0 Å². The molecule has 0 radical (unpaired) electrons. The van der Waals surface area contributed by atoms with Gasteiger partial charge in [-0.1, -0.05) is 35.6 Å². The third kappa shape index (κ3) is 3.84. The second-order valence-electron chi connectivity index (χ2n) is 10.3. The van der Waals surface area contributed by atoms with Crippen molar-refractivity contribution in [3.8, 4) is 11.3 Å². The summed E-state index contributed by atoms with van der Waals surface area (Å²) in [5, 5.41) is 4.69. The normalized spacial score (nSPS) is 19.1. The minimum absolute atomic E-state index is 0.00185. The van der Waals surface area contributed by atoms with Gasteiger partial charge in [-0.05, 0) is 30.2 Å². The first-order valence-electron chi connectivity index (χ1n) is 12.5. The van der Waals surface area contributed by atoms with Crippen LogP contribution in [0, 0.1) is 0 Å². The van der Waals surface area contributed by atoms with E-state index in [9.17, 15) is 22.8 Å². The maximum absolute atomic E-state index is 13.5. The van der Waals surface area contributed by atoms with Crippen LogP contribution in [0.2, 0.25) is 0 Å². The van der Waals surface area contributed by atoms with E-state index in [1.165, 1.54) is 24.5 Å². The van der Waals surface area contributed by atoms with Crippen molar-refractivity contribution in [3.63, 3.8) is 0 Å². The Labute approximate surface area is 221 Å². The van der Waals surface area contributed by atoms with E-state index >= 15 is 0 Å². The molecule has 1 aromatic carbocycles. The highest BCUT2D eigenvalue weighted by Crippen LogP contribution is 2.35. The van der Waals surface area contributed by atoms with Gasteiger partial charge in [-0.3, -0.25) is 14.5 Å². The van der Waals surface area contributed by atoms with Crippen molar-refractivity contribution in [1.82, 2.24) is 29.4 Å². The Kier molecular flexibility index (Phi) is 5.49. The standard InChI is InChI=1S/C27H25F3N7O2/c1-16(2)19-13-20(17-5-7-18(8-6-17)27(28,29)30)33-36-14-21-24(38)35-12-11-34(15-26(35,3)37(21)23(19)36)25(39)22-31-9-4-10-32-22/h4-10,13-14,16H,11-12,15H2,1-3H3/q+1. The zero-order valence-corrected chi connectivity index (χ0v) is 21.5. The van der Waals surface area contributed by atoms with Crippen LogP contribution in [0.25, 0.3) is 16.9 Å². The third-order valence-electron chi connectivity index (χ3n) is 7.47. The van der Waals surface area contributed by atoms with Gasteiger partial charge in [-0.25, -0.2) is 9.97 Å². The SMILES string of the molecule is CC(C)c1cc(-c2ccc(C(F)(F)F)cc2)nn2cc3[n+](c12)C1(C)CN(C(=O)c2ncccn2)CCN1C3=O. The molecule has 1 unspecified atom stereocenters. The summed E-state index contributed by atoms with van der Waals surface area (Å²) in [7, 11) is 0. The molecule has 2 aliphatic rings. The molecule has 39 heavy (non-hydrogen) atoms. The molecular formula is C27H25F3N7O2+. The molecule has 0 spiro atoms. The first-order valence-corrected chi connectivity index (χ1v) is 12.5. The summed E-state index contributed by atoms with van der Waals surface area (Å²) >= 11 is 0. The first-order chi connectivity index (χ1) is 18.5. The number of fused-ring (bicyclic) bond motifs is 5. The van der Waals surface area contributed by atoms with Gasteiger partial charge in [-0.15, -0.1) is 0 Å². The molecule has 0 aliphatic carbocycles. The highest BCUT2D eigenvalue weighted by atomic mass is 19.4. The second-order valence-corrected chi connectivity index (χ2v) is 10.3. The van der Waals surface area contributed by atoms with Crippen molar-refractivity contribution in [1.29, 1.82) is 0 Å². The van der Waals surface area contributed by atoms with Crippen LogP contribution in [0.1, 0.15) is 58.9 Å². The van der Waals surface area contributed by atoms with Crippen molar-refractivity contribution >= 4 is 17.5 Å². The predicted molar refractivity (Wildman–Crippen MR) is 133 cm³/mol. The number of aromatic nitrogens is 5. The van der Waals surface area contributed by atoms with Crippen LogP contribution in [0.5, 0.6) is 0 Å². The quantitative estimate of drug-likeness (QED) is 0.374. The average molecular weight is 537 g/mol. The largest absolute Gasteiger partial charge is 0.416 e. The summed E-state index contributed by atoms with van der Waals surface area (Å²) in [4.78, 5) is 38.3. The van der Waals surface area contributed by atoms with Crippen molar-refractivity contribution in [2.75, 3.05) is 19.6 Å². The van der Waals surface area contributed by atoms with Crippen LogP contribution >= 0.6 is 0 Å². The molecular weight excluding hydrogens is 511 g/mol. The molecule has 3 aromatic heterocycles. The molecule has 0 saturated carbocycles. The lowest BCUT2D eigenvalue weighted by atomic mass is 10.0. The van der Waals surface area contributed by atoms with Gasteiger partial charge in [0.25, 0.3) is 5.91 Å². The van der Waals surface area contributed by atoms with Gasteiger partial charge in [0.05, 0.1) is 12.1 Å². The minimum Gasteiger partial charge on any atom is -0.328 e. The third-order valence-corrected chi connectivity index (χ3v) is 7.47. The average Bonchev–Trinajstić information content (AvgIpc) is 3.41. The van der Waals surface area contributed by atoms with Crippen molar-refractivity contribution in [3.05, 3.63) is 77.6 Å². The lowest BCUT2D eigenvalue weighted by Gasteiger charge is -2.42. The fraction of sp³-hybridized carbons (Fsp3) is 0.333. The summed E-state index contributed by atoms with van der Waals surface area (Å²) in [6.45, 7) is 6.85. The van der Waals surface area contributed by atoms with E-state index in [0.29, 0.717) is 35.7 Å². The van der Waals surface area contributed by atoms with Crippen LogP contribution in [0.4, 0.5) is 13.2 Å². The van der Waals surface area contributed by atoms with Gasteiger partial charge in [0.2, 0.25) is 17.2 Å². The van der Waals surface area contributed by atoms with Crippen LogP contribution < -0.4 is 4.57 Å². The zero-order valence-electron chi connectivity index (χ0n) is 21.5. The minimum atomic E-state index is -4.43. The van der Waals surface area contributed by atoms with Crippen molar-refractivity contribution < 1.29 is 27.3 Å². The zero-order chi connectivity index (χ0) is 27.7. The molecule has 1 fully saturated rings. The predicted octanol–water partition coefficient (Wildman–Crippen LogP) is 3.51. The molecule has 4 aromatic rings. The van der Waals surface area contributed by atoms with E-state index < -0.39 is 17.4 Å². The number of halogens is 3. The molecule has 1 saturated heterocycles. The lowest BCUT2D eigenvalue weighted by molar-refractivity contribution is -0.749. The van der Waals surface area contributed by atoms with E-state index in [2.05, 4.69) is 9.97 Å². The summed E-state index contributed by atoms with van der Waals surface area (Å²) < 4.78 is 42.8. The van der Waals surface area contributed by atoms with Gasteiger partial charge >= 0.3 is 17.7 Å². The fourth-order valence-electron chi connectivity index (χ4n) is 5.54. The topological polar surface area (TPSA) is 87.6 Å². The number of piperazine rings is 1. The second kappa shape index (κ2) is 8.58.